The quantitative estimate of drug-likeness (QED) is 0.0161. The summed E-state index contributed by atoms with van der Waals surface area (Å²) >= 11 is 0. The maximum absolute atomic E-state index is 13.5. The molecule has 0 radical (unpaired) electrons. The fourth-order valence-corrected chi connectivity index (χ4v) is 8.67. The van der Waals surface area contributed by atoms with Crippen LogP contribution in [0.3, 0.4) is 0 Å². The number of carbonyl (C=O) groups is 2. The largest absolute Gasteiger partial charge is 0.756 e. The second kappa shape index (κ2) is 52.4. The third-order valence-corrected chi connectivity index (χ3v) is 13.5. The van der Waals surface area contributed by atoms with Gasteiger partial charge in [0.25, 0.3) is 7.82 Å². The summed E-state index contributed by atoms with van der Waals surface area (Å²) in [5, 5.41) is 3.00. The highest BCUT2D eigenvalue weighted by Gasteiger charge is 2.27. The molecule has 0 heterocycles. The average molecular weight is 1040 g/mol. The molecule has 0 aliphatic carbocycles. The lowest BCUT2D eigenvalue weighted by Crippen LogP contribution is -2.47. The van der Waals surface area contributed by atoms with Crippen molar-refractivity contribution in [3.05, 3.63) is 97.2 Å². The SMILES string of the molecule is CC/C=C\C/C=C\C/C=C\C/C=C\C/C=C\CCCCCC(=O)NC(COP(=O)([O-])OCC[N+](C)(C)C)C(/C=C\CCCCCCCCCCCCC)OC(=O)CCCCCCCC/C=C/C=C/CCCCC. The van der Waals surface area contributed by atoms with Crippen molar-refractivity contribution in [1.29, 1.82) is 0 Å². The third-order valence-electron chi connectivity index (χ3n) is 12.5. The fourth-order valence-electron chi connectivity index (χ4n) is 7.95. The lowest BCUT2D eigenvalue weighted by atomic mass is 10.0. The number of likely N-dealkylation sites (N-methyl/N-ethyl adjacent to an activating group) is 1. The molecule has 3 unspecified atom stereocenters. The van der Waals surface area contributed by atoms with Crippen LogP contribution in [0, 0.1) is 0 Å². The van der Waals surface area contributed by atoms with E-state index in [-0.39, 0.29) is 31.3 Å². The number of phosphoric ester groups is 1. The highest BCUT2D eigenvalue weighted by Crippen LogP contribution is 2.38. The van der Waals surface area contributed by atoms with Crippen LogP contribution in [0.2, 0.25) is 0 Å². The van der Waals surface area contributed by atoms with E-state index in [2.05, 4.69) is 111 Å². The van der Waals surface area contributed by atoms with E-state index < -0.39 is 26.6 Å². The number of ether oxygens (including phenoxy) is 1. The molecule has 420 valence electrons. The van der Waals surface area contributed by atoms with Crippen molar-refractivity contribution in [2.24, 2.45) is 0 Å². The summed E-state index contributed by atoms with van der Waals surface area (Å²) in [6, 6.07) is -0.916. The predicted molar refractivity (Wildman–Crippen MR) is 311 cm³/mol. The van der Waals surface area contributed by atoms with Crippen LogP contribution in [0.4, 0.5) is 0 Å². The lowest BCUT2D eigenvalue weighted by molar-refractivity contribution is -0.870. The third kappa shape index (κ3) is 53.6. The Hall–Kier alpha value is -3.07. The fraction of sp³-hybridized carbons (Fsp3) is 0.714. The van der Waals surface area contributed by atoms with Crippen LogP contribution in [0.5, 0.6) is 0 Å². The summed E-state index contributed by atoms with van der Waals surface area (Å²) in [5.41, 5.74) is 0. The van der Waals surface area contributed by atoms with E-state index in [1.165, 1.54) is 77.0 Å². The van der Waals surface area contributed by atoms with Crippen LogP contribution < -0.4 is 10.2 Å². The number of phosphoric acid groups is 1. The van der Waals surface area contributed by atoms with Gasteiger partial charge in [0.2, 0.25) is 5.91 Å². The Morgan fingerprint density at radius 3 is 1.44 bits per heavy atom. The highest BCUT2D eigenvalue weighted by molar-refractivity contribution is 7.45. The number of amides is 1. The van der Waals surface area contributed by atoms with Gasteiger partial charge in [-0.3, -0.25) is 14.2 Å². The molecule has 0 spiro atoms. The topological polar surface area (TPSA) is 114 Å². The highest BCUT2D eigenvalue weighted by atomic mass is 31.2. The zero-order valence-corrected chi connectivity index (χ0v) is 48.7. The van der Waals surface area contributed by atoms with Gasteiger partial charge in [0.1, 0.15) is 19.3 Å². The molecule has 73 heavy (non-hydrogen) atoms. The number of hydrogen-bond donors (Lipinski definition) is 1. The number of nitrogens with one attached hydrogen (secondary N) is 1. The van der Waals surface area contributed by atoms with Gasteiger partial charge in [0.15, 0.2) is 0 Å². The Kier molecular flexibility index (Phi) is 50.2. The summed E-state index contributed by atoms with van der Waals surface area (Å²) in [5.74, 6) is -0.597. The van der Waals surface area contributed by atoms with Crippen molar-refractivity contribution < 1.29 is 37.3 Å². The minimum absolute atomic E-state index is 0.0356. The first kappa shape index (κ1) is 69.9. The number of hydrogen-bond acceptors (Lipinski definition) is 7. The van der Waals surface area contributed by atoms with Crippen molar-refractivity contribution in [3.63, 3.8) is 0 Å². The molecule has 0 aromatic rings. The monoisotopic (exact) mass is 1040 g/mol. The minimum atomic E-state index is -4.71. The summed E-state index contributed by atoms with van der Waals surface area (Å²) < 4.78 is 30.2. The van der Waals surface area contributed by atoms with Crippen molar-refractivity contribution in [2.45, 2.75) is 251 Å². The molecule has 1 N–H and O–H groups in total. The van der Waals surface area contributed by atoms with E-state index in [0.717, 1.165) is 116 Å². The molecule has 0 aromatic carbocycles. The number of nitrogens with zero attached hydrogens (tertiary/aromatic N) is 1. The Morgan fingerprint density at radius 1 is 0.507 bits per heavy atom. The number of allylic oxidation sites excluding steroid dienone is 15. The molecular formula is C63H111N2O7P. The standard InChI is InChI=1S/C63H111N2O7P/c1-7-10-13-16-19-22-25-28-30-31-32-33-35-37-40-43-46-49-52-55-62(66)64-60(59-71-73(68,69)70-58-57-65(4,5)6)61(54-51-48-45-42-39-36-27-24-21-18-15-12-9-3)72-63(67)56-53-50-47-44-41-38-34-29-26-23-20-17-14-11-8-2/h10,13,19-20,22-23,26,28-30,32-33,37,40,51,54,60-61H,7-9,11-12,14-18,21,24-25,27,31,34-36,38-39,41-50,52-53,55-59H2,1-6H3,(H-,64,66,68,69)/b13-10-,22-19-,23-20+,29-26+,30-28-,33-32-,40-37-,54-51-. The van der Waals surface area contributed by atoms with Gasteiger partial charge in [-0.2, -0.15) is 0 Å². The molecule has 3 atom stereocenters. The Morgan fingerprint density at radius 2 is 0.918 bits per heavy atom. The smallest absolute Gasteiger partial charge is 0.306 e. The summed E-state index contributed by atoms with van der Waals surface area (Å²) in [4.78, 5) is 39.9. The molecule has 0 aromatic heterocycles. The molecule has 10 heteroatoms. The zero-order chi connectivity index (χ0) is 53.6. The Balaban J connectivity index is 5.43. The van der Waals surface area contributed by atoms with E-state index in [0.29, 0.717) is 23.9 Å². The van der Waals surface area contributed by atoms with Crippen molar-refractivity contribution in [1.82, 2.24) is 5.32 Å². The van der Waals surface area contributed by atoms with Crippen LogP contribution in [-0.2, 0) is 27.9 Å². The van der Waals surface area contributed by atoms with Gasteiger partial charge in [-0.05, 0) is 102 Å². The van der Waals surface area contributed by atoms with Gasteiger partial charge >= 0.3 is 5.97 Å². The maximum Gasteiger partial charge on any atom is 0.306 e. The number of carbonyl (C=O) groups excluding carboxylic acids is 2. The molecule has 0 aliphatic rings. The molecule has 0 aliphatic heterocycles. The van der Waals surface area contributed by atoms with Crippen LogP contribution in [0.1, 0.15) is 239 Å². The van der Waals surface area contributed by atoms with Crippen LogP contribution in [0.25, 0.3) is 0 Å². The molecule has 0 saturated heterocycles. The first-order valence-electron chi connectivity index (χ1n) is 29.6. The first-order valence-corrected chi connectivity index (χ1v) is 31.0. The molecule has 9 nitrogen and oxygen atoms in total. The van der Waals surface area contributed by atoms with E-state index >= 15 is 0 Å². The van der Waals surface area contributed by atoms with Crippen molar-refractivity contribution in [2.75, 3.05) is 40.9 Å². The van der Waals surface area contributed by atoms with Crippen LogP contribution in [-0.4, -0.2) is 69.4 Å². The molecule has 0 fully saturated rings. The van der Waals surface area contributed by atoms with Gasteiger partial charge in [0, 0.05) is 12.8 Å². The van der Waals surface area contributed by atoms with Crippen molar-refractivity contribution in [3.8, 4) is 0 Å². The van der Waals surface area contributed by atoms with Gasteiger partial charge < -0.3 is 28.5 Å². The minimum Gasteiger partial charge on any atom is -0.756 e. The normalized spacial score (nSPS) is 14.5. The van der Waals surface area contributed by atoms with E-state index in [1.807, 2.05) is 33.3 Å². The summed E-state index contributed by atoms with van der Waals surface area (Å²) in [7, 11) is 1.14. The second-order valence-electron chi connectivity index (χ2n) is 20.8. The second-order valence-corrected chi connectivity index (χ2v) is 22.2. The van der Waals surface area contributed by atoms with E-state index in [9.17, 15) is 19.0 Å². The Labute approximate surface area is 449 Å². The van der Waals surface area contributed by atoms with Gasteiger partial charge in [-0.1, -0.05) is 221 Å². The zero-order valence-electron chi connectivity index (χ0n) is 47.8. The number of rotatable bonds is 52. The van der Waals surface area contributed by atoms with Gasteiger partial charge in [-0.25, -0.2) is 0 Å². The first-order chi connectivity index (χ1) is 35.4. The number of esters is 1. The maximum atomic E-state index is 13.5. The van der Waals surface area contributed by atoms with E-state index in [4.69, 9.17) is 13.8 Å². The lowest BCUT2D eigenvalue weighted by Gasteiger charge is -2.30. The molecule has 1 amide bonds. The van der Waals surface area contributed by atoms with Crippen molar-refractivity contribution >= 4 is 19.7 Å². The predicted octanol–water partition coefficient (Wildman–Crippen LogP) is 17.4. The molecule has 0 rings (SSSR count). The van der Waals surface area contributed by atoms with Gasteiger partial charge in [0.05, 0.1) is 33.8 Å². The molecule has 0 saturated carbocycles. The Bertz CT molecular complexity index is 1570. The number of quaternary nitrogens is 1. The molecule has 0 bridgehead atoms. The average Bonchev–Trinajstić information content (AvgIpc) is 3.35. The summed E-state index contributed by atoms with van der Waals surface area (Å²) in [6.07, 6.45) is 69.4. The van der Waals surface area contributed by atoms with E-state index in [1.54, 1.807) is 0 Å². The van der Waals surface area contributed by atoms with Crippen LogP contribution in [0.15, 0.2) is 97.2 Å². The summed E-state index contributed by atoms with van der Waals surface area (Å²) in [6.45, 7) is 6.65. The van der Waals surface area contributed by atoms with Crippen LogP contribution >= 0.6 is 7.82 Å². The number of unbranched alkanes of at least 4 members (excludes halogenated alkanes) is 23. The molecular weight excluding hydrogens is 928 g/mol. The van der Waals surface area contributed by atoms with Gasteiger partial charge in [-0.15, -0.1) is 0 Å².